The smallest absolute Gasteiger partial charge is 0.369 e. The quantitative estimate of drug-likeness (QED) is 0.862. The predicted octanol–water partition coefficient (Wildman–Crippen LogP) is 3.31. The van der Waals surface area contributed by atoms with Crippen molar-refractivity contribution in [3.63, 3.8) is 0 Å². The van der Waals surface area contributed by atoms with Crippen LogP contribution in [0.25, 0.3) is 11.9 Å². The van der Waals surface area contributed by atoms with E-state index in [0.29, 0.717) is 11.3 Å². The molecule has 0 aliphatic carbocycles. The monoisotopic (exact) mass is 292 g/mol. The van der Waals surface area contributed by atoms with Gasteiger partial charge in [0.05, 0.1) is 17.0 Å². The van der Waals surface area contributed by atoms with Crippen LogP contribution in [0.5, 0.6) is 0 Å². The molecular weight excluding hydrogens is 281 g/mol. The molecular formula is C15H11F3N2O. The lowest BCUT2D eigenvalue weighted by Crippen LogP contribution is -2.27. The lowest BCUT2D eigenvalue weighted by Gasteiger charge is -2.24. The Bertz CT molecular complexity index is 698. The van der Waals surface area contributed by atoms with Gasteiger partial charge in [-0.1, -0.05) is 12.1 Å². The Morgan fingerprint density at radius 2 is 1.86 bits per heavy atom. The first kappa shape index (κ1) is 13.5. The number of carbonyl (C=O) groups is 1. The van der Waals surface area contributed by atoms with Crippen LogP contribution < -0.4 is 5.32 Å². The Labute approximate surface area is 118 Å². The lowest BCUT2D eigenvalue weighted by atomic mass is 10.1. The third-order valence-electron chi connectivity index (χ3n) is 3.37. The minimum Gasteiger partial charge on any atom is -0.369 e. The fourth-order valence-electron chi connectivity index (χ4n) is 2.31. The molecule has 0 bridgehead atoms. The highest BCUT2D eigenvalue weighted by atomic mass is 19.4. The van der Waals surface area contributed by atoms with E-state index in [1.54, 1.807) is 23.0 Å². The summed E-state index contributed by atoms with van der Waals surface area (Å²) >= 11 is 0. The van der Waals surface area contributed by atoms with Gasteiger partial charge >= 0.3 is 6.18 Å². The molecule has 0 saturated carbocycles. The van der Waals surface area contributed by atoms with Gasteiger partial charge in [0.2, 0.25) is 0 Å². The second-order valence-corrected chi connectivity index (χ2v) is 4.72. The summed E-state index contributed by atoms with van der Waals surface area (Å²) in [5.74, 6) is 0. The third kappa shape index (κ3) is 2.44. The zero-order valence-electron chi connectivity index (χ0n) is 10.8. The van der Waals surface area contributed by atoms with Crippen LogP contribution in [0.1, 0.15) is 22.9 Å². The predicted molar refractivity (Wildman–Crippen MR) is 72.0 cm³/mol. The molecule has 1 N–H and O–H groups in total. The molecule has 0 fully saturated rings. The van der Waals surface area contributed by atoms with Crippen molar-refractivity contribution >= 4 is 18.2 Å². The summed E-state index contributed by atoms with van der Waals surface area (Å²) < 4.78 is 39.4. The van der Waals surface area contributed by atoms with E-state index >= 15 is 0 Å². The van der Waals surface area contributed by atoms with Gasteiger partial charge in [0, 0.05) is 12.4 Å². The van der Waals surface area contributed by atoms with E-state index in [1.807, 2.05) is 6.07 Å². The van der Waals surface area contributed by atoms with Crippen molar-refractivity contribution in [3.8, 4) is 0 Å². The van der Waals surface area contributed by atoms with Crippen LogP contribution in [0.15, 0.2) is 42.6 Å². The average molecular weight is 292 g/mol. The van der Waals surface area contributed by atoms with Crippen LogP contribution in [0.4, 0.5) is 13.2 Å². The number of nitrogens with one attached hydrogen (secondary N) is 1. The van der Waals surface area contributed by atoms with Crippen molar-refractivity contribution in [1.29, 1.82) is 0 Å². The summed E-state index contributed by atoms with van der Waals surface area (Å²) in [7, 11) is 0. The fraction of sp³-hybridized carbons (Fsp3) is 0.133. The second kappa shape index (κ2) is 4.80. The number of nitrogens with zero attached hydrogens (tertiary/aromatic N) is 1. The van der Waals surface area contributed by atoms with Crippen LogP contribution >= 0.6 is 0 Å². The molecule has 1 unspecified atom stereocenters. The Kier molecular flexibility index (Phi) is 3.08. The molecule has 108 valence electrons. The highest BCUT2D eigenvalue weighted by molar-refractivity contribution is 5.80. The fourth-order valence-corrected chi connectivity index (χ4v) is 2.31. The Morgan fingerprint density at radius 3 is 2.48 bits per heavy atom. The summed E-state index contributed by atoms with van der Waals surface area (Å²) in [5.41, 5.74) is 1.29. The molecule has 1 aliphatic rings. The largest absolute Gasteiger partial charge is 0.416 e. The second-order valence-electron chi connectivity index (χ2n) is 4.72. The molecule has 2 aromatic rings. The Hall–Kier alpha value is -2.50. The van der Waals surface area contributed by atoms with Crippen molar-refractivity contribution < 1.29 is 18.0 Å². The average Bonchev–Trinajstić information content (AvgIpc) is 2.93. The van der Waals surface area contributed by atoms with E-state index in [1.165, 1.54) is 12.1 Å². The van der Waals surface area contributed by atoms with Crippen molar-refractivity contribution in [1.82, 2.24) is 9.88 Å². The molecule has 3 nitrogen and oxygen atoms in total. The molecule has 21 heavy (non-hydrogen) atoms. The number of aldehydes is 1. The molecule has 1 aromatic heterocycles. The van der Waals surface area contributed by atoms with Crippen LogP contribution in [0.2, 0.25) is 0 Å². The molecule has 0 spiro atoms. The number of alkyl halides is 3. The van der Waals surface area contributed by atoms with Gasteiger partial charge in [-0.25, -0.2) is 0 Å². The number of rotatable bonds is 2. The number of hydrogen-bond donors (Lipinski definition) is 1. The molecule has 1 aromatic carbocycles. The van der Waals surface area contributed by atoms with E-state index in [-0.39, 0.29) is 0 Å². The topological polar surface area (TPSA) is 34.0 Å². The first-order valence-electron chi connectivity index (χ1n) is 6.27. The van der Waals surface area contributed by atoms with Gasteiger partial charge in [-0.05, 0) is 29.8 Å². The molecule has 6 heteroatoms. The van der Waals surface area contributed by atoms with Gasteiger partial charge in [-0.2, -0.15) is 13.2 Å². The van der Waals surface area contributed by atoms with E-state index in [4.69, 9.17) is 0 Å². The molecule has 0 radical (unpaired) electrons. The SMILES string of the molecule is O=CC1NC(c2ccc(C(F)(F)F)cc2)=Cn2cccc21. The number of halogens is 3. The first-order valence-corrected chi connectivity index (χ1v) is 6.27. The molecule has 1 atom stereocenters. The first-order chi connectivity index (χ1) is 9.99. The summed E-state index contributed by atoms with van der Waals surface area (Å²) in [6.07, 6.45) is -0.0521. The number of benzene rings is 1. The lowest BCUT2D eigenvalue weighted by molar-refractivity contribution is -0.137. The van der Waals surface area contributed by atoms with Crippen LogP contribution in [-0.4, -0.2) is 10.9 Å². The molecule has 0 amide bonds. The molecule has 0 saturated heterocycles. The number of hydrogen-bond acceptors (Lipinski definition) is 2. The number of carbonyl (C=O) groups excluding carboxylic acids is 1. The van der Waals surface area contributed by atoms with Gasteiger partial charge in [-0.15, -0.1) is 0 Å². The van der Waals surface area contributed by atoms with E-state index in [2.05, 4.69) is 5.32 Å². The summed E-state index contributed by atoms with van der Waals surface area (Å²) in [6.45, 7) is 0. The zero-order valence-corrected chi connectivity index (χ0v) is 10.8. The van der Waals surface area contributed by atoms with E-state index in [9.17, 15) is 18.0 Å². The number of aromatic nitrogens is 1. The summed E-state index contributed by atoms with van der Waals surface area (Å²) in [4.78, 5) is 11.1. The normalized spacial score (nSPS) is 17.7. The molecule has 1 aliphatic heterocycles. The Morgan fingerprint density at radius 1 is 1.14 bits per heavy atom. The van der Waals surface area contributed by atoms with Crippen molar-refractivity contribution in [2.24, 2.45) is 0 Å². The van der Waals surface area contributed by atoms with Gasteiger partial charge in [0.15, 0.2) is 0 Å². The van der Waals surface area contributed by atoms with Crippen LogP contribution in [-0.2, 0) is 11.0 Å². The standard InChI is InChI=1S/C15H11F3N2O/c16-15(17,18)11-5-3-10(4-6-11)12-8-20-7-1-2-14(20)13(9-21)19-12/h1-9,13,19H. The Balaban J connectivity index is 1.96. The highest BCUT2D eigenvalue weighted by Crippen LogP contribution is 2.31. The molecule has 3 rings (SSSR count). The van der Waals surface area contributed by atoms with Gasteiger partial charge in [0.25, 0.3) is 0 Å². The van der Waals surface area contributed by atoms with Gasteiger partial charge in [0.1, 0.15) is 12.3 Å². The van der Waals surface area contributed by atoms with E-state index < -0.39 is 17.8 Å². The van der Waals surface area contributed by atoms with E-state index in [0.717, 1.165) is 24.1 Å². The summed E-state index contributed by atoms with van der Waals surface area (Å²) in [6, 6.07) is 7.93. The van der Waals surface area contributed by atoms with Gasteiger partial charge < -0.3 is 14.7 Å². The van der Waals surface area contributed by atoms with Crippen LogP contribution in [0.3, 0.4) is 0 Å². The maximum absolute atomic E-state index is 12.6. The van der Waals surface area contributed by atoms with Crippen molar-refractivity contribution in [2.45, 2.75) is 12.2 Å². The zero-order chi connectivity index (χ0) is 15.0. The van der Waals surface area contributed by atoms with Crippen molar-refractivity contribution in [2.75, 3.05) is 0 Å². The van der Waals surface area contributed by atoms with Gasteiger partial charge in [-0.3, -0.25) is 0 Å². The summed E-state index contributed by atoms with van der Waals surface area (Å²) in [5, 5.41) is 3.01. The van der Waals surface area contributed by atoms with Crippen LogP contribution in [0, 0.1) is 0 Å². The minimum absolute atomic E-state index is 0.512. The highest BCUT2D eigenvalue weighted by Gasteiger charge is 2.30. The third-order valence-corrected chi connectivity index (χ3v) is 3.37. The maximum Gasteiger partial charge on any atom is 0.416 e. The minimum atomic E-state index is -4.36. The molecule has 2 heterocycles. The maximum atomic E-state index is 12.6. The number of fused-ring (bicyclic) bond motifs is 1. The van der Waals surface area contributed by atoms with Crippen molar-refractivity contribution in [3.05, 3.63) is 59.4 Å².